The van der Waals surface area contributed by atoms with Gasteiger partial charge in [0, 0.05) is 12.6 Å². The fourth-order valence-electron chi connectivity index (χ4n) is 2.95. The molecule has 5 heteroatoms. The summed E-state index contributed by atoms with van der Waals surface area (Å²) in [4.78, 5) is 6.53. The highest BCUT2D eigenvalue weighted by Crippen LogP contribution is 2.41. The zero-order valence-electron chi connectivity index (χ0n) is 10.6. The summed E-state index contributed by atoms with van der Waals surface area (Å²) >= 11 is 3.31. The average molecular weight is 322 g/mol. The summed E-state index contributed by atoms with van der Waals surface area (Å²) in [5, 5.41) is 19.1. The molecule has 1 N–H and O–H groups in total. The lowest BCUT2D eigenvalue weighted by atomic mass is 9.95. The van der Waals surface area contributed by atoms with E-state index in [1.54, 1.807) is 0 Å². The molecule has 2 atom stereocenters. The number of aliphatic hydroxyl groups excluding tert-OH is 1. The molecule has 19 heavy (non-hydrogen) atoms. The van der Waals surface area contributed by atoms with Crippen molar-refractivity contribution in [1.29, 1.82) is 5.26 Å². The summed E-state index contributed by atoms with van der Waals surface area (Å²) in [5.41, 5.74) is 1.38. The minimum Gasteiger partial charge on any atom is -0.393 e. The first-order chi connectivity index (χ1) is 9.19. The van der Waals surface area contributed by atoms with Crippen LogP contribution in [0.15, 0.2) is 16.7 Å². The van der Waals surface area contributed by atoms with E-state index >= 15 is 0 Å². The molecule has 0 radical (unpaired) electrons. The van der Waals surface area contributed by atoms with E-state index in [0.717, 1.165) is 25.1 Å². The highest BCUT2D eigenvalue weighted by atomic mass is 79.9. The third-order valence-electron chi connectivity index (χ3n) is 4.04. The van der Waals surface area contributed by atoms with Gasteiger partial charge in [0.2, 0.25) is 0 Å². The third kappa shape index (κ3) is 2.60. The summed E-state index contributed by atoms with van der Waals surface area (Å²) in [5.74, 6) is 0.671. The van der Waals surface area contributed by atoms with Crippen LogP contribution in [0.1, 0.15) is 31.4 Å². The van der Waals surface area contributed by atoms with Crippen molar-refractivity contribution in [3.8, 4) is 6.07 Å². The number of piperidine rings is 1. The van der Waals surface area contributed by atoms with Crippen LogP contribution in [0.25, 0.3) is 0 Å². The molecular formula is C14H16BrN3O. The minimum absolute atomic E-state index is 0.198. The topological polar surface area (TPSA) is 60.2 Å². The Hall–Kier alpha value is -1.12. The van der Waals surface area contributed by atoms with Crippen LogP contribution in [-0.4, -0.2) is 28.8 Å². The predicted octanol–water partition coefficient (Wildman–Crippen LogP) is 2.46. The monoisotopic (exact) mass is 321 g/mol. The Morgan fingerprint density at radius 3 is 2.84 bits per heavy atom. The Labute approximate surface area is 121 Å². The highest BCUT2D eigenvalue weighted by Gasteiger charge is 2.39. The third-order valence-corrected chi connectivity index (χ3v) is 4.48. The van der Waals surface area contributed by atoms with E-state index in [-0.39, 0.29) is 6.10 Å². The zero-order chi connectivity index (χ0) is 13.4. The lowest BCUT2D eigenvalue weighted by Crippen LogP contribution is -2.46. The van der Waals surface area contributed by atoms with Gasteiger partial charge in [0.1, 0.15) is 10.7 Å². The van der Waals surface area contributed by atoms with Crippen molar-refractivity contribution in [3.05, 3.63) is 22.4 Å². The first kappa shape index (κ1) is 12.9. The van der Waals surface area contributed by atoms with Crippen LogP contribution in [0.5, 0.6) is 0 Å². The Morgan fingerprint density at radius 2 is 2.16 bits per heavy atom. The quantitative estimate of drug-likeness (QED) is 0.850. The molecule has 1 saturated heterocycles. The number of hydrogen-bond acceptors (Lipinski definition) is 4. The molecule has 1 aromatic rings. The summed E-state index contributed by atoms with van der Waals surface area (Å²) in [6, 6.07) is 6.38. The van der Waals surface area contributed by atoms with Gasteiger partial charge in [-0.25, -0.2) is 4.98 Å². The van der Waals surface area contributed by atoms with Crippen LogP contribution in [0.4, 0.5) is 5.69 Å². The molecule has 3 rings (SSSR count). The molecule has 2 fully saturated rings. The standard InChI is InChI=1S/C14H16BrN3O/c15-14-4-3-12(11(8-16)17-14)18-6-5-10(19)7-13(18)9-1-2-9/h3-4,9-10,13,19H,1-2,5-7H2/t10-,13+/m0/s1. The van der Waals surface area contributed by atoms with E-state index in [1.807, 2.05) is 12.1 Å². The number of hydrogen-bond donors (Lipinski definition) is 1. The number of nitrogens with zero attached hydrogens (tertiary/aromatic N) is 3. The van der Waals surface area contributed by atoms with E-state index in [9.17, 15) is 10.4 Å². The largest absolute Gasteiger partial charge is 0.393 e. The van der Waals surface area contributed by atoms with Crippen LogP contribution in [0.2, 0.25) is 0 Å². The fourth-order valence-corrected chi connectivity index (χ4v) is 3.26. The Kier molecular flexibility index (Phi) is 3.46. The van der Waals surface area contributed by atoms with E-state index in [4.69, 9.17) is 0 Å². The summed E-state index contributed by atoms with van der Waals surface area (Å²) in [7, 11) is 0. The molecule has 0 aromatic carbocycles. The fraction of sp³-hybridized carbons (Fsp3) is 0.571. The molecule has 4 nitrogen and oxygen atoms in total. The van der Waals surface area contributed by atoms with Crippen molar-refractivity contribution in [2.75, 3.05) is 11.4 Å². The van der Waals surface area contributed by atoms with Gasteiger partial charge in [-0.1, -0.05) is 0 Å². The molecule has 0 amide bonds. The predicted molar refractivity (Wildman–Crippen MR) is 75.8 cm³/mol. The van der Waals surface area contributed by atoms with E-state index in [0.29, 0.717) is 22.3 Å². The van der Waals surface area contributed by atoms with Crippen molar-refractivity contribution >= 4 is 21.6 Å². The van der Waals surface area contributed by atoms with E-state index in [2.05, 4.69) is 31.9 Å². The van der Waals surface area contributed by atoms with Gasteiger partial charge >= 0.3 is 0 Å². The van der Waals surface area contributed by atoms with Gasteiger partial charge in [-0.05, 0) is 59.7 Å². The Morgan fingerprint density at radius 1 is 1.37 bits per heavy atom. The molecule has 1 aliphatic heterocycles. The molecule has 2 aliphatic rings. The first-order valence-electron chi connectivity index (χ1n) is 6.70. The average Bonchev–Trinajstić information content (AvgIpc) is 3.23. The SMILES string of the molecule is N#Cc1nc(Br)ccc1N1CC[C@H](O)C[C@@H]1C1CC1. The molecule has 2 heterocycles. The smallest absolute Gasteiger partial charge is 0.165 e. The van der Waals surface area contributed by atoms with Crippen molar-refractivity contribution in [3.63, 3.8) is 0 Å². The maximum atomic E-state index is 9.88. The highest BCUT2D eigenvalue weighted by molar-refractivity contribution is 9.10. The second-order valence-corrected chi connectivity index (χ2v) is 6.20. The second-order valence-electron chi connectivity index (χ2n) is 5.39. The maximum Gasteiger partial charge on any atom is 0.165 e. The molecule has 1 saturated carbocycles. The second kappa shape index (κ2) is 5.10. The van der Waals surface area contributed by atoms with Crippen LogP contribution >= 0.6 is 15.9 Å². The van der Waals surface area contributed by atoms with Crippen LogP contribution in [-0.2, 0) is 0 Å². The number of halogens is 1. The number of nitriles is 1. The van der Waals surface area contributed by atoms with Crippen LogP contribution in [0, 0.1) is 17.2 Å². The van der Waals surface area contributed by atoms with Gasteiger partial charge in [0.15, 0.2) is 5.69 Å². The molecule has 0 spiro atoms. The zero-order valence-corrected chi connectivity index (χ0v) is 12.2. The number of anilines is 1. The number of aliphatic hydroxyl groups is 1. The molecule has 0 bridgehead atoms. The van der Waals surface area contributed by atoms with E-state index < -0.39 is 0 Å². The van der Waals surface area contributed by atoms with Gasteiger partial charge in [-0.2, -0.15) is 5.26 Å². The van der Waals surface area contributed by atoms with Gasteiger partial charge < -0.3 is 10.0 Å². The van der Waals surface area contributed by atoms with Crippen molar-refractivity contribution < 1.29 is 5.11 Å². The minimum atomic E-state index is -0.198. The maximum absolute atomic E-state index is 9.88. The lowest BCUT2D eigenvalue weighted by Gasteiger charge is -2.40. The molecular weight excluding hydrogens is 306 g/mol. The van der Waals surface area contributed by atoms with Crippen LogP contribution in [0.3, 0.4) is 0 Å². The van der Waals surface area contributed by atoms with Crippen molar-refractivity contribution in [2.45, 2.75) is 37.8 Å². The van der Waals surface area contributed by atoms with Gasteiger partial charge in [-0.15, -0.1) is 0 Å². The van der Waals surface area contributed by atoms with Crippen molar-refractivity contribution in [1.82, 2.24) is 4.98 Å². The summed E-state index contributed by atoms with van der Waals surface area (Å²) in [6.45, 7) is 0.806. The first-order valence-corrected chi connectivity index (χ1v) is 7.49. The molecule has 0 unspecified atom stereocenters. The Balaban J connectivity index is 1.93. The molecule has 1 aliphatic carbocycles. The lowest BCUT2D eigenvalue weighted by molar-refractivity contribution is 0.123. The number of rotatable bonds is 2. The summed E-state index contributed by atoms with van der Waals surface area (Å²) < 4.78 is 0.688. The number of pyridine rings is 1. The number of aromatic nitrogens is 1. The molecule has 100 valence electrons. The van der Waals surface area contributed by atoms with Crippen molar-refractivity contribution in [2.24, 2.45) is 5.92 Å². The van der Waals surface area contributed by atoms with Gasteiger partial charge in [-0.3, -0.25) is 0 Å². The molecule has 1 aromatic heterocycles. The normalized spacial score (nSPS) is 27.1. The van der Waals surface area contributed by atoms with E-state index in [1.165, 1.54) is 12.8 Å². The van der Waals surface area contributed by atoms with Gasteiger partial charge in [0.25, 0.3) is 0 Å². The Bertz CT molecular complexity index is 524. The summed E-state index contributed by atoms with van der Waals surface area (Å²) in [6.07, 6.45) is 3.85. The van der Waals surface area contributed by atoms with Crippen LogP contribution < -0.4 is 4.90 Å². The van der Waals surface area contributed by atoms with Gasteiger partial charge in [0.05, 0.1) is 11.8 Å².